The molecule has 14 nitrogen and oxygen atoms in total. The molecule has 2 aliphatic heterocycles. The van der Waals surface area contributed by atoms with Crippen LogP contribution in [-0.2, 0) is 19.1 Å². The monoisotopic (exact) mass is 756 g/mol. The number of rotatable bonds is 11. The first-order valence-corrected chi connectivity index (χ1v) is 19.4. The van der Waals surface area contributed by atoms with E-state index in [2.05, 4.69) is 66.7 Å². The molecule has 0 spiro atoms. The van der Waals surface area contributed by atoms with Gasteiger partial charge in [-0.25, -0.2) is 19.6 Å². The Balaban J connectivity index is 1.12. The van der Waals surface area contributed by atoms with Crippen molar-refractivity contribution >= 4 is 35.8 Å². The number of amides is 4. The zero-order chi connectivity index (χ0) is 38.5. The Labute approximate surface area is 319 Å². The Bertz CT molecular complexity index is 1940. The van der Waals surface area contributed by atoms with Crippen LogP contribution in [0.2, 0.25) is 0 Å². The second kappa shape index (κ2) is 16.8. The van der Waals surface area contributed by atoms with Gasteiger partial charge < -0.3 is 39.9 Å². The Morgan fingerprint density at radius 1 is 0.759 bits per heavy atom. The van der Waals surface area contributed by atoms with Crippen molar-refractivity contribution in [3.05, 3.63) is 72.6 Å². The lowest BCUT2D eigenvalue weighted by atomic mass is 10.0. The lowest BCUT2D eigenvalue weighted by Crippen LogP contribution is -2.51. The Kier molecular flexibility index (Phi) is 11.9. The van der Waals surface area contributed by atoms with E-state index in [1.54, 1.807) is 36.0 Å². The number of imidazole rings is 2. The summed E-state index contributed by atoms with van der Waals surface area (Å²) in [6, 6.07) is 14.6. The van der Waals surface area contributed by atoms with Gasteiger partial charge in [0.15, 0.2) is 0 Å². The summed E-state index contributed by atoms with van der Waals surface area (Å²) < 4.78 is 9.43. The average Bonchev–Trinajstić information content (AvgIpc) is 4.02. The van der Waals surface area contributed by atoms with Crippen molar-refractivity contribution in [2.75, 3.05) is 33.6 Å². The molecule has 0 radical (unpaired) electrons. The van der Waals surface area contributed by atoms with Gasteiger partial charge in [-0.2, -0.15) is 11.8 Å². The van der Waals surface area contributed by atoms with E-state index in [9.17, 15) is 19.2 Å². The van der Waals surface area contributed by atoms with E-state index in [1.807, 2.05) is 37.1 Å². The number of H-pyrrole nitrogens is 2. The van der Waals surface area contributed by atoms with E-state index in [-0.39, 0.29) is 35.1 Å². The lowest BCUT2D eigenvalue weighted by Gasteiger charge is -2.30. The normalized spacial score (nSPS) is 19.4. The van der Waals surface area contributed by atoms with E-state index in [4.69, 9.17) is 9.72 Å². The molecule has 0 bridgehead atoms. The molecule has 2 aromatic heterocycles. The number of thioether (sulfide) groups is 1. The molecule has 5 atom stereocenters. The number of hydrogen-bond acceptors (Lipinski definition) is 9. The number of nitrogens with one attached hydrogen (secondary N) is 4. The smallest absolute Gasteiger partial charge is 0.407 e. The minimum atomic E-state index is -0.707. The van der Waals surface area contributed by atoms with Crippen LogP contribution in [0.5, 0.6) is 0 Å². The minimum absolute atomic E-state index is 0.119. The number of aromatic amines is 2. The van der Waals surface area contributed by atoms with Crippen LogP contribution < -0.4 is 10.6 Å². The number of likely N-dealkylation sites (tertiary alicyclic amines) is 2. The van der Waals surface area contributed by atoms with Crippen LogP contribution in [0.1, 0.15) is 63.8 Å². The number of carbonyl (C=O) groups is 4. The summed E-state index contributed by atoms with van der Waals surface area (Å²) in [5.74, 6) is 0.994. The summed E-state index contributed by atoms with van der Waals surface area (Å²) in [5.41, 5.74) is 5.76. The summed E-state index contributed by atoms with van der Waals surface area (Å²) in [4.78, 5) is 70.4. The second-order valence-corrected chi connectivity index (χ2v) is 15.2. The summed E-state index contributed by atoms with van der Waals surface area (Å²) >= 11 is 1.72. The molecule has 4 aromatic rings. The van der Waals surface area contributed by atoms with Crippen molar-refractivity contribution in [2.45, 2.75) is 69.5 Å². The highest BCUT2D eigenvalue weighted by atomic mass is 32.2. The van der Waals surface area contributed by atoms with Crippen molar-refractivity contribution in [3.63, 3.8) is 0 Å². The quantitative estimate of drug-likeness (QED) is 0.145. The number of carbonyl (C=O) groups excluding carboxylic acids is 4. The summed E-state index contributed by atoms with van der Waals surface area (Å²) in [5, 5.41) is 5.52. The first-order chi connectivity index (χ1) is 26.0. The Morgan fingerprint density at radius 2 is 1.28 bits per heavy atom. The number of methoxy groups -OCH3 is 2. The van der Waals surface area contributed by atoms with Gasteiger partial charge in [0.1, 0.15) is 23.7 Å². The number of hydrogen-bond donors (Lipinski definition) is 4. The fraction of sp³-hybridized carbons (Fsp3) is 0.436. The molecule has 0 saturated carbocycles. The third-order valence-corrected chi connectivity index (χ3v) is 11.3. The molecule has 4 heterocycles. The van der Waals surface area contributed by atoms with E-state index in [0.29, 0.717) is 13.1 Å². The molecule has 4 N–H and O–H groups in total. The summed E-state index contributed by atoms with van der Waals surface area (Å²) in [7, 11) is 2.56. The van der Waals surface area contributed by atoms with Gasteiger partial charge in [-0.05, 0) is 60.6 Å². The number of ether oxygens (including phenoxy) is 2. The van der Waals surface area contributed by atoms with Crippen LogP contribution in [0.4, 0.5) is 9.59 Å². The molecule has 0 aliphatic carbocycles. The molecular formula is C39H48N8O6S. The van der Waals surface area contributed by atoms with Crippen LogP contribution in [0, 0.1) is 5.92 Å². The van der Waals surface area contributed by atoms with E-state index < -0.39 is 24.3 Å². The second-order valence-electron chi connectivity index (χ2n) is 14.0. The average molecular weight is 757 g/mol. The predicted molar refractivity (Wildman–Crippen MR) is 206 cm³/mol. The molecule has 4 amide bonds. The first kappa shape index (κ1) is 38.4. The largest absolute Gasteiger partial charge is 0.453 e. The van der Waals surface area contributed by atoms with Crippen molar-refractivity contribution in [2.24, 2.45) is 5.92 Å². The van der Waals surface area contributed by atoms with Crippen LogP contribution in [0.3, 0.4) is 0 Å². The minimum Gasteiger partial charge on any atom is -0.453 e. The lowest BCUT2D eigenvalue weighted by molar-refractivity contribution is -0.135. The van der Waals surface area contributed by atoms with Crippen molar-refractivity contribution in [1.82, 2.24) is 40.4 Å². The highest BCUT2D eigenvalue weighted by Gasteiger charge is 2.41. The highest BCUT2D eigenvalue weighted by molar-refractivity contribution is 7.99. The van der Waals surface area contributed by atoms with Gasteiger partial charge in [-0.15, -0.1) is 0 Å². The molecule has 6 rings (SSSR count). The fourth-order valence-corrected chi connectivity index (χ4v) is 7.88. The highest BCUT2D eigenvalue weighted by Crippen LogP contribution is 2.38. The van der Waals surface area contributed by atoms with Gasteiger partial charge in [-0.3, -0.25) is 9.59 Å². The number of aromatic nitrogens is 4. The van der Waals surface area contributed by atoms with Crippen LogP contribution in [-0.4, -0.2) is 105 Å². The van der Waals surface area contributed by atoms with Gasteiger partial charge in [0.2, 0.25) is 11.8 Å². The van der Waals surface area contributed by atoms with E-state index >= 15 is 0 Å². The van der Waals surface area contributed by atoms with Crippen LogP contribution in [0.25, 0.3) is 33.6 Å². The summed E-state index contributed by atoms with van der Waals surface area (Å²) in [6.07, 6.45) is 6.76. The Hall–Kier alpha value is -5.31. The van der Waals surface area contributed by atoms with Gasteiger partial charge in [0.05, 0.1) is 50.1 Å². The van der Waals surface area contributed by atoms with Gasteiger partial charge in [0, 0.05) is 18.3 Å². The van der Waals surface area contributed by atoms with E-state index in [0.717, 1.165) is 64.6 Å². The molecule has 0 unspecified atom stereocenters. The maximum absolute atomic E-state index is 13.8. The molecule has 2 fully saturated rings. The van der Waals surface area contributed by atoms with E-state index in [1.165, 1.54) is 14.2 Å². The maximum atomic E-state index is 13.8. The Morgan fingerprint density at radius 3 is 1.80 bits per heavy atom. The molecule has 54 heavy (non-hydrogen) atoms. The number of benzene rings is 2. The van der Waals surface area contributed by atoms with Crippen LogP contribution in [0.15, 0.2) is 60.9 Å². The standard InChI is InChI=1S/C39H48N8O6S/c1-22(2)33(45-39(51)53-5)37(49)47-21-28(54-6)18-32(47)35-41-20-30(44-35)27-15-11-25(12-16-27)24-9-13-26(14-10-24)29-19-40-34(43-29)31-8-7-17-46(31)36(48)23(3)42-38(50)52-4/h9-16,19-20,22-23,28,31-33H,7-8,17-18,21H2,1-6H3,(H,40,43)(H,41,44)(H,42,50)(H,45,51)/t23-,28-,31-,32-,33-/m0/s1. The molecule has 2 aliphatic rings. The maximum Gasteiger partial charge on any atom is 0.407 e. The SMILES string of the molecule is COC(=O)N[C@@H](C)C(=O)N1CCC[C@H]1c1ncc(-c2ccc(-c3ccc(-c4cnc([C@@H]5C[C@H](SC)CN5C(=O)[C@@H](NC(=O)OC)C(C)C)[nH]4)cc3)cc2)[nH]1. The third kappa shape index (κ3) is 8.25. The third-order valence-electron chi connectivity index (χ3n) is 10.2. The predicted octanol–water partition coefficient (Wildman–Crippen LogP) is 5.93. The zero-order valence-electron chi connectivity index (χ0n) is 31.4. The van der Waals surface area contributed by atoms with Crippen molar-refractivity contribution in [1.29, 1.82) is 0 Å². The number of nitrogens with zero attached hydrogens (tertiary/aromatic N) is 4. The molecule has 2 aromatic carbocycles. The van der Waals surface area contributed by atoms with Crippen molar-refractivity contribution < 1.29 is 28.7 Å². The van der Waals surface area contributed by atoms with Gasteiger partial charge >= 0.3 is 12.2 Å². The van der Waals surface area contributed by atoms with Crippen molar-refractivity contribution in [3.8, 4) is 33.6 Å². The molecule has 15 heteroatoms. The summed E-state index contributed by atoms with van der Waals surface area (Å²) in [6.45, 7) is 6.62. The zero-order valence-corrected chi connectivity index (χ0v) is 32.2. The number of alkyl carbamates (subject to hydrolysis) is 2. The fourth-order valence-electron chi connectivity index (χ4n) is 7.20. The first-order valence-electron chi connectivity index (χ1n) is 18.1. The topological polar surface area (TPSA) is 175 Å². The molecule has 286 valence electrons. The van der Waals surface area contributed by atoms with Gasteiger partial charge in [0.25, 0.3) is 0 Å². The van der Waals surface area contributed by atoms with Crippen LogP contribution >= 0.6 is 11.8 Å². The van der Waals surface area contributed by atoms with Gasteiger partial charge in [-0.1, -0.05) is 62.4 Å². The molecule has 2 saturated heterocycles. The molecular weight excluding hydrogens is 709 g/mol.